The third kappa shape index (κ3) is 5.16. The number of aliphatic hydroxyl groups is 1. The van der Waals surface area contributed by atoms with E-state index < -0.39 is 17.9 Å². The number of hydrogen-bond donors (Lipinski definition) is 3. The summed E-state index contributed by atoms with van der Waals surface area (Å²) >= 11 is 5.72. The van der Waals surface area contributed by atoms with E-state index in [1.54, 1.807) is 24.3 Å². The van der Waals surface area contributed by atoms with Gasteiger partial charge in [-0.25, -0.2) is 0 Å². The molecule has 0 aliphatic rings. The maximum Gasteiger partial charge on any atom is 0.309 e. The molecule has 98 valence electrons. The van der Waals surface area contributed by atoms with Gasteiger partial charge in [0.2, 0.25) is 0 Å². The highest BCUT2D eigenvalue weighted by Gasteiger charge is 2.12. The molecular formula is C12H15ClN2O3. The summed E-state index contributed by atoms with van der Waals surface area (Å²) in [5, 5.41) is 14.3. The molecule has 0 fully saturated rings. The summed E-state index contributed by atoms with van der Waals surface area (Å²) in [5.74, 6) is -1.49. The van der Waals surface area contributed by atoms with Gasteiger partial charge in [0, 0.05) is 18.1 Å². The van der Waals surface area contributed by atoms with Crippen LogP contribution in [0.2, 0.25) is 5.02 Å². The minimum absolute atomic E-state index is 0.0488. The monoisotopic (exact) mass is 270 g/mol. The normalized spacial score (nSPS) is 11.7. The first-order chi connectivity index (χ1) is 8.49. The average molecular weight is 271 g/mol. The lowest BCUT2D eigenvalue weighted by Gasteiger charge is -2.07. The lowest BCUT2D eigenvalue weighted by molar-refractivity contribution is -0.139. The summed E-state index contributed by atoms with van der Waals surface area (Å²) < 4.78 is 0. The van der Waals surface area contributed by atoms with E-state index in [1.165, 1.54) is 6.92 Å². The molecule has 0 spiro atoms. The largest absolute Gasteiger partial charge is 0.392 e. The zero-order valence-electron chi connectivity index (χ0n) is 9.94. The Kier molecular flexibility index (Phi) is 5.61. The van der Waals surface area contributed by atoms with E-state index in [2.05, 4.69) is 10.6 Å². The van der Waals surface area contributed by atoms with E-state index in [0.717, 1.165) is 5.56 Å². The number of carbonyl (C=O) groups is 2. The molecule has 2 amide bonds. The third-order valence-electron chi connectivity index (χ3n) is 2.13. The SMILES string of the molecule is CC(O)CNC(=O)C(=O)NCc1ccc(Cl)cc1. The van der Waals surface area contributed by atoms with Crippen LogP contribution in [-0.2, 0) is 16.1 Å². The van der Waals surface area contributed by atoms with Gasteiger partial charge in [-0.05, 0) is 24.6 Å². The second-order valence-corrected chi connectivity index (χ2v) is 4.30. The van der Waals surface area contributed by atoms with Crippen LogP contribution in [0.15, 0.2) is 24.3 Å². The van der Waals surface area contributed by atoms with Crippen molar-refractivity contribution >= 4 is 23.4 Å². The molecule has 0 heterocycles. The molecule has 0 aliphatic heterocycles. The zero-order chi connectivity index (χ0) is 13.5. The smallest absolute Gasteiger partial charge is 0.309 e. The molecule has 0 saturated heterocycles. The Balaban J connectivity index is 2.36. The van der Waals surface area contributed by atoms with Crippen LogP contribution >= 0.6 is 11.6 Å². The molecule has 0 radical (unpaired) electrons. The van der Waals surface area contributed by atoms with Crippen molar-refractivity contribution in [2.75, 3.05) is 6.54 Å². The minimum Gasteiger partial charge on any atom is -0.392 e. The number of rotatable bonds is 4. The first-order valence-corrected chi connectivity index (χ1v) is 5.85. The Morgan fingerprint density at radius 3 is 2.33 bits per heavy atom. The van der Waals surface area contributed by atoms with Crippen LogP contribution in [0.3, 0.4) is 0 Å². The molecule has 5 nitrogen and oxygen atoms in total. The molecule has 18 heavy (non-hydrogen) atoms. The van der Waals surface area contributed by atoms with Crippen LogP contribution in [0.4, 0.5) is 0 Å². The number of benzene rings is 1. The summed E-state index contributed by atoms with van der Waals surface area (Å²) in [4.78, 5) is 22.6. The van der Waals surface area contributed by atoms with Gasteiger partial charge in [0.1, 0.15) is 0 Å². The Hall–Kier alpha value is -1.59. The van der Waals surface area contributed by atoms with E-state index in [1.807, 2.05) is 0 Å². The molecule has 6 heteroatoms. The van der Waals surface area contributed by atoms with E-state index in [0.29, 0.717) is 5.02 Å². The summed E-state index contributed by atoms with van der Waals surface area (Å²) in [6, 6.07) is 6.93. The molecular weight excluding hydrogens is 256 g/mol. The fourth-order valence-electron chi connectivity index (χ4n) is 1.19. The minimum atomic E-state index is -0.759. The second kappa shape index (κ2) is 6.98. The molecule has 3 N–H and O–H groups in total. The first kappa shape index (κ1) is 14.5. The quantitative estimate of drug-likeness (QED) is 0.695. The first-order valence-electron chi connectivity index (χ1n) is 5.47. The molecule has 1 unspecified atom stereocenters. The second-order valence-electron chi connectivity index (χ2n) is 3.87. The van der Waals surface area contributed by atoms with Crippen molar-refractivity contribution in [1.29, 1.82) is 0 Å². The van der Waals surface area contributed by atoms with Gasteiger partial charge >= 0.3 is 11.8 Å². The Morgan fingerprint density at radius 2 is 1.78 bits per heavy atom. The lowest BCUT2D eigenvalue weighted by atomic mass is 10.2. The van der Waals surface area contributed by atoms with E-state index in [-0.39, 0.29) is 13.1 Å². The summed E-state index contributed by atoms with van der Waals surface area (Å²) in [6.07, 6.45) is -0.682. The molecule has 0 aliphatic carbocycles. The van der Waals surface area contributed by atoms with Gasteiger partial charge in [0.05, 0.1) is 6.10 Å². The van der Waals surface area contributed by atoms with Crippen molar-refractivity contribution in [3.63, 3.8) is 0 Å². The maximum atomic E-state index is 11.4. The van der Waals surface area contributed by atoms with Gasteiger partial charge in [0.15, 0.2) is 0 Å². The van der Waals surface area contributed by atoms with Crippen LogP contribution in [0.25, 0.3) is 0 Å². The maximum absolute atomic E-state index is 11.4. The zero-order valence-corrected chi connectivity index (χ0v) is 10.7. The van der Waals surface area contributed by atoms with Crippen molar-refractivity contribution in [2.45, 2.75) is 19.6 Å². The van der Waals surface area contributed by atoms with Gasteiger partial charge in [-0.1, -0.05) is 23.7 Å². The Morgan fingerprint density at radius 1 is 1.22 bits per heavy atom. The Labute approximate surface area is 110 Å². The predicted octanol–water partition coefficient (Wildman–Crippen LogP) is 0.453. The van der Waals surface area contributed by atoms with Crippen LogP contribution in [-0.4, -0.2) is 29.6 Å². The molecule has 0 aromatic heterocycles. The van der Waals surface area contributed by atoms with Gasteiger partial charge in [-0.15, -0.1) is 0 Å². The van der Waals surface area contributed by atoms with Crippen molar-refractivity contribution in [3.8, 4) is 0 Å². The molecule has 0 bridgehead atoms. The average Bonchev–Trinajstić information content (AvgIpc) is 2.34. The number of amides is 2. The van der Waals surface area contributed by atoms with Crippen LogP contribution < -0.4 is 10.6 Å². The number of carbonyl (C=O) groups excluding carboxylic acids is 2. The van der Waals surface area contributed by atoms with Gasteiger partial charge < -0.3 is 15.7 Å². The third-order valence-corrected chi connectivity index (χ3v) is 2.38. The highest BCUT2D eigenvalue weighted by molar-refractivity contribution is 6.35. The van der Waals surface area contributed by atoms with Crippen LogP contribution in [0.5, 0.6) is 0 Å². The van der Waals surface area contributed by atoms with E-state index >= 15 is 0 Å². The fraction of sp³-hybridized carbons (Fsp3) is 0.333. The lowest BCUT2D eigenvalue weighted by Crippen LogP contribution is -2.42. The number of hydrogen-bond acceptors (Lipinski definition) is 3. The Bertz CT molecular complexity index is 418. The molecule has 0 saturated carbocycles. The van der Waals surface area contributed by atoms with Crippen LogP contribution in [0, 0.1) is 0 Å². The standard InChI is InChI=1S/C12H15ClN2O3/c1-8(16)6-14-11(17)12(18)15-7-9-2-4-10(13)5-3-9/h2-5,8,16H,6-7H2,1H3,(H,14,17)(H,15,18). The number of aliphatic hydroxyl groups excluding tert-OH is 1. The molecule has 1 atom stereocenters. The fourth-order valence-corrected chi connectivity index (χ4v) is 1.31. The summed E-state index contributed by atoms with van der Waals surface area (Å²) in [7, 11) is 0. The van der Waals surface area contributed by atoms with Crippen molar-refractivity contribution in [1.82, 2.24) is 10.6 Å². The van der Waals surface area contributed by atoms with Crippen molar-refractivity contribution in [3.05, 3.63) is 34.9 Å². The molecule has 1 rings (SSSR count). The molecule has 1 aromatic rings. The highest BCUT2D eigenvalue weighted by atomic mass is 35.5. The van der Waals surface area contributed by atoms with Gasteiger partial charge in [0.25, 0.3) is 0 Å². The van der Waals surface area contributed by atoms with Crippen LogP contribution in [0.1, 0.15) is 12.5 Å². The van der Waals surface area contributed by atoms with Gasteiger partial charge in [-0.2, -0.15) is 0 Å². The van der Waals surface area contributed by atoms with Crippen molar-refractivity contribution < 1.29 is 14.7 Å². The van der Waals surface area contributed by atoms with E-state index in [4.69, 9.17) is 16.7 Å². The number of halogens is 1. The summed E-state index contributed by atoms with van der Waals surface area (Å²) in [5.41, 5.74) is 0.844. The topological polar surface area (TPSA) is 78.4 Å². The predicted molar refractivity (Wildman–Crippen MR) is 68.0 cm³/mol. The van der Waals surface area contributed by atoms with Crippen molar-refractivity contribution in [2.24, 2.45) is 0 Å². The van der Waals surface area contributed by atoms with E-state index in [9.17, 15) is 9.59 Å². The summed E-state index contributed by atoms with van der Waals surface area (Å²) in [6.45, 7) is 1.82. The highest BCUT2D eigenvalue weighted by Crippen LogP contribution is 2.08. The van der Waals surface area contributed by atoms with Gasteiger partial charge in [-0.3, -0.25) is 9.59 Å². The number of nitrogens with one attached hydrogen (secondary N) is 2. The molecule has 1 aromatic carbocycles.